The fourth-order valence-electron chi connectivity index (χ4n) is 0.610. The number of hydrogen-bond acceptors (Lipinski definition) is 3. The van der Waals surface area contributed by atoms with Gasteiger partial charge in [0.25, 0.3) is 0 Å². The van der Waals surface area contributed by atoms with Crippen molar-refractivity contribution in [3.05, 3.63) is 30.3 Å². The fourth-order valence-corrected chi connectivity index (χ4v) is 0.990. The molecule has 0 fully saturated rings. The fraction of sp³-hybridized carbons (Fsp3) is 0. The molecule has 1 aromatic carbocycles. The Morgan fingerprint density at radius 1 is 1.17 bits per heavy atom. The Bertz CT molecular complexity index is 324. The summed E-state index contributed by atoms with van der Waals surface area (Å²) in [5, 5.41) is 4.62. The first-order valence-electron chi connectivity index (χ1n) is 2.85. The van der Waals surface area contributed by atoms with E-state index >= 15 is 0 Å². The van der Waals surface area contributed by atoms with Crippen LogP contribution < -0.4 is 9.32 Å². The Morgan fingerprint density at radius 3 is 2.08 bits per heavy atom. The second-order valence-electron chi connectivity index (χ2n) is 1.89. The normalized spacial score (nSPS) is 10.1. The quantitative estimate of drug-likeness (QED) is 0.632. The molecule has 0 unspecified atom stereocenters. The van der Waals surface area contributed by atoms with Gasteiger partial charge in [-0.2, -0.15) is 13.6 Å². The summed E-state index contributed by atoms with van der Waals surface area (Å²) < 4.78 is 25.1. The van der Waals surface area contributed by atoms with Crippen LogP contribution in [0.1, 0.15) is 0 Å². The third-order valence-electron chi connectivity index (χ3n) is 0.956. The van der Waals surface area contributed by atoms with Crippen molar-refractivity contribution in [3.63, 3.8) is 0 Å². The van der Waals surface area contributed by atoms with Crippen LogP contribution in [0.5, 0.6) is 5.75 Å². The molecule has 0 aromatic heterocycles. The van der Waals surface area contributed by atoms with Gasteiger partial charge in [0.05, 0.1) is 0 Å². The summed E-state index contributed by atoms with van der Waals surface area (Å²) in [5.74, 6) is 0.218. The van der Waals surface area contributed by atoms with Crippen LogP contribution in [0.4, 0.5) is 0 Å². The van der Waals surface area contributed by atoms with Crippen LogP contribution in [-0.2, 0) is 10.3 Å². The zero-order valence-electron chi connectivity index (χ0n) is 5.60. The third-order valence-corrected chi connectivity index (χ3v) is 1.38. The van der Waals surface area contributed by atoms with Gasteiger partial charge in [0.2, 0.25) is 0 Å². The van der Waals surface area contributed by atoms with E-state index in [1.54, 1.807) is 18.2 Å². The second kappa shape index (κ2) is 4.53. The number of nitrogens with two attached hydrogens (primary N) is 1. The van der Waals surface area contributed by atoms with Crippen LogP contribution in [0, 0.1) is 0 Å². The van der Waals surface area contributed by atoms with Gasteiger partial charge in [-0.05, 0) is 12.1 Å². The Morgan fingerprint density at radius 2 is 1.67 bits per heavy atom. The van der Waals surface area contributed by atoms with Crippen molar-refractivity contribution in [3.8, 4) is 5.75 Å². The summed E-state index contributed by atoms with van der Waals surface area (Å²) in [6.45, 7) is 0. The minimum absolute atomic E-state index is 0. The predicted molar refractivity (Wildman–Crippen MR) is 47.3 cm³/mol. The van der Waals surface area contributed by atoms with Crippen LogP contribution in [0.3, 0.4) is 0 Å². The molecule has 0 saturated carbocycles. The molecule has 0 radical (unpaired) electrons. The molecule has 6 heteroatoms. The van der Waals surface area contributed by atoms with Gasteiger partial charge in [0.1, 0.15) is 5.75 Å². The monoisotopic (exact) mass is 181 g/mol. The van der Waals surface area contributed by atoms with Gasteiger partial charge in [-0.1, -0.05) is 18.2 Å². The summed E-state index contributed by atoms with van der Waals surface area (Å²) in [4.78, 5) is 0. The van der Waals surface area contributed by atoms with Gasteiger partial charge < -0.3 is 4.18 Å². The molecule has 0 heterocycles. The van der Waals surface area contributed by atoms with E-state index < -0.39 is 10.3 Å². The number of hydrogen-bond donors (Lipinski definition) is 1. The second-order valence-corrected chi connectivity index (χ2v) is 3.04. The van der Waals surface area contributed by atoms with E-state index in [2.05, 4.69) is 9.32 Å². The Hall–Kier alpha value is -0.473. The SMILES string of the molecule is NS(=O)(=O)Oc1ccccc1.[LiH]. The van der Waals surface area contributed by atoms with Crippen LogP contribution in [0.15, 0.2) is 30.3 Å². The summed E-state index contributed by atoms with van der Waals surface area (Å²) in [5.41, 5.74) is 0. The van der Waals surface area contributed by atoms with Crippen molar-refractivity contribution >= 4 is 29.2 Å². The molecule has 0 aliphatic heterocycles. The predicted octanol–water partition coefficient (Wildman–Crippen LogP) is -0.380. The van der Waals surface area contributed by atoms with E-state index in [-0.39, 0.29) is 24.6 Å². The molecule has 1 rings (SSSR count). The summed E-state index contributed by atoms with van der Waals surface area (Å²) >= 11 is 0. The van der Waals surface area contributed by atoms with Crippen molar-refractivity contribution < 1.29 is 12.6 Å². The Kier molecular flexibility index (Phi) is 4.35. The van der Waals surface area contributed by atoms with Crippen molar-refractivity contribution in [2.45, 2.75) is 0 Å². The first-order valence-corrected chi connectivity index (χ1v) is 4.32. The van der Waals surface area contributed by atoms with Crippen LogP contribution in [0.25, 0.3) is 0 Å². The van der Waals surface area contributed by atoms with E-state index in [1.165, 1.54) is 12.1 Å². The van der Waals surface area contributed by atoms with Crippen LogP contribution in [-0.4, -0.2) is 27.3 Å². The maximum atomic E-state index is 10.4. The van der Waals surface area contributed by atoms with Crippen molar-refractivity contribution in [1.29, 1.82) is 0 Å². The maximum absolute atomic E-state index is 10.4. The molecule has 62 valence electrons. The molecular formula is C6H8LiNO3S. The van der Waals surface area contributed by atoms with Gasteiger partial charge >= 0.3 is 29.2 Å². The molecule has 4 nitrogen and oxygen atoms in total. The molecule has 2 N–H and O–H groups in total. The minimum atomic E-state index is -3.88. The molecule has 0 amide bonds. The number of para-hydroxylation sites is 1. The van der Waals surface area contributed by atoms with Gasteiger partial charge in [-0.15, -0.1) is 0 Å². The molecule has 0 atom stereocenters. The number of benzene rings is 1. The first-order chi connectivity index (χ1) is 5.08. The van der Waals surface area contributed by atoms with Crippen molar-refractivity contribution in [2.24, 2.45) is 5.14 Å². The van der Waals surface area contributed by atoms with Crippen molar-refractivity contribution in [2.75, 3.05) is 0 Å². The van der Waals surface area contributed by atoms with Gasteiger partial charge in [-0.3, -0.25) is 0 Å². The average Bonchev–Trinajstić information content (AvgIpc) is 1.85. The molecule has 12 heavy (non-hydrogen) atoms. The van der Waals surface area contributed by atoms with E-state index in [4.69, 9.17) is 0 Å². The molecule has 1 aromatic rings. The van der Waals surface area contributed by atoms with Gasteiger partial charge in [0, 0.05) is 0 Å². The van der Waals surface area contributed by atoms with Gasteiger partial charge in [-0.25, -0.2) is 0 Å². The third kappa shape index (κ3) is 4.41. The Labute approximate surface area is 83.2 Å². The zero-order chi connectivity index (χ0) is 8.32. The zero-order valence-corrected chi connectivity index (χ0v) is 6.41. The number of rotatable bonds is 2. The molecule has 0 aliphatic carbocycles. The standard InChI is InChI=1S/C6H7NO3S.Li.H/c7-11(8,9)10-6-4-2-1-3-5-6;;/h1-5H,(H2,7,8,9);;. The van der Waals surface area contributed by atoms with Gasteiger partial charge in [0.15, 0.2) is 0 Å². The van der Waals surface area contributed by atoms with E-state index in [9.17, 15) is 8.42 Å². The summed E-state index contributed by atoms with van der Waals surface area (Å²) in [6.07, 6.45) is 0. The van der Waals surface area contributed by atoms with Crippen LogP contribution >= 0.6 is 0 Å². The molecule has 0 spiro atoms. The van der Waals surface area contributed by atoms with E-state index in [1.807, 2.05) is 0 Å². The van der Waals surface area contributed by atoms with E-state index in [0.717, 1.165) is 0 Å². The first kappa shape index (κ1) is 11.5. The summed E-state index contributed by atoms with van der Waals surface area (Å²) in [7, 11) is -3.88. The molecular weight excluding hydrogens is 173 g/mol. The molecule has 0 aliphatic rings. The van der Waals surface area contributed by atoms with Crippen molar-refractivity contribution in [1.82, 2.24) is 0 Å². The van der Waals surface area contributed by atoms with Crippen LogP contribution in [0.2, 0.25) is 0 Å². The van der Waals surface area contributed by atoms with E-state index in [0.29, 0.717) is 0 Å². The summed E-state index contributed by atoms with van der Waals surface area (Å²) in [6, 6.07) is 8.06. The molecule has 0 bridgehead atoms. The average molecular weight is 181 g/mol. The topological polar surface area (TPSA) is 69.4 Å². The Balaban J connectivity index is 0.00000121. The molecule has 0 saturated heterocycles.